The number of thioether (sulfide) groups is 1. The van der Waals surface area contributed by atoms with E-state index in [4.69, 9.17) is 27.9 Å². The van der Waals surface area contributed by atoms with E-state index in [2.05, 4.69) is 15.2 Å². The van der Waals surface area contributed by atoms with Gasteiger partial charge in [0, 0.05) is 19.2 Å². The molecule has 1 heterocycles. The third-order valence-corrected chi connectivity index (χ3v) is 7.30. The first-order valence-corrected chi connectivity index (χ1v) is 12.0. The highest BCUT2D eigenvalue weighted by Gasteiger charge is 2.09. The number of hydrogen-bond donors (Lipinski definition) is 1. The number of aromatic nitrogens is 1. The SMILES string of the molecule is COc1ccc2sc(SCC(=O)NCCCN(C)Cc3ccc(Cl)c(Cl)c3)nc2c1. The Bertz CT molecular complexity index is 1010. The summed E-state index contributed by atoms with van der Waals surface area (Å²) in [7, 11) is 3.68. The second-order valence-corrected chi connectivity index (χ2v) is 9.86. The minimum atomic E-state index is 0.0176. The van der Waals surface area contributed by atoms with Gasteiger partial charge in [0.2, 0.25) is 5.91 Å². The highest BCUT2D eigenvalue weighted by atomic mass is 35.5. The van der Waals surface area contributed by atoms with Crippen molar-refractivity contribution in [2.24, 2.45) is 0 Å². The van der Waals surface area contributed by atoms with Gasteiger partial charge >= 0.3 is 0 Å². The Kier molecular flexibility index (Phi) is 8.65. The smallest absolute Gasteiger partial charge is 0.230 e. The molecule has 0 unspecified atom stereocenters. The average Bonchev–Trinajstić information content (AvgIpc) is 3.14. The van der Waals surface area contributed by atoms with Crippen molar-refractivity contribution in [3.63, 3.8) is 0 Å². The number of rotatable bonds is 10. The van der Waals surface area contributed by atoms with Gasteiger partial charge < -0.3 is 15.0 Å². The molecule has 5 nitrogen and oxygen atoms in total. The summed E-state index contributed by atoms with van der Waals surface area (Å²) in [6.45, 7) is 2.29. The normalized spacial score (nSPS) is 11.2. The number of methoxy groups -OCH3 is 1. The minimum Gasteiger partial charge on any atom is -0.497 e. The molecule has 30 heavy (non-hydrogen) atoms. The van der Waals surface area contributed by atoms with Crippen molar-refractivity contribution in [1.82, 2.24) is 15.2 Å². The van der Waals surface area contributed by atoms with Gasteiger partial charge in [-0.05, 0) is 49.8 Å². The lowest BCUT2D eigenvalue weighted by Gasteiger charge is -2.17. The highest BCUT2D eigenvalue weighted by Crippen LogP contribution is 2.31. The third-order valence-electron chi connectivity index (χ3n) is 4.38. The molecule has 0 spiro atoms. The van der Waals surface area contributed by atoms with Gasteiger partial charge in [-0.1, -0.05) is 41.0 Å². The maximum Gasteiger partial charge on any atom is 0.230 e. The number of amides is 1. The Hall–Kier alpha value is -1.51. The fourth-order valence-corrected chi connectivity index (χ4v) is 5.06. The fraction of sp³-hybridized carbons (Fsp3) is 0.333. The van der Waals surface area contributed by atoms with Crippen LogP contribution in [-0.4, -0.2) is 48.8 Å². The Morgan fingerprint density at radius 2 is 2.07 bits per heavy atom. The molecule has 1 amide bonds. The van der Waals surface area contributed by atoms with Gasteiger partial charge in [0.15, 0.2) is 4.34 Å². The molecule has 0 fully saturated rings. The van der Waals surface area contributed by atoms with Gasteiger partial charge in [0.05, 0.1) is 33.1 Å². The lowest BCUT2D eigenvalue weighted by atomic mass is 10.2. The van der Waals surface area contributed by atoms with Crippen LogP contribution in [0.2, 0.25) is 10.0 Å². The van der Waals surface area contributed by atoms with Gasteiger partial charge in [0.25, 0.3) is 0 Å². The van der Waals surface area contributed by atoms with Gasteiger partial charge in [-0.25, -0.2) is 4.98 Å². The van der Waals surface area contributed by atoms with Gasteiger partial charge in [-0.15, -0.1) is 11.3 Å². The summed E-state index contributed by atoms with van der Waals surface area (Å²) in [6.07, 6.45) is 0.870. The average molecular weight is 484 g/mol. The predicted molar refractivity (Wildman–Crippen MR) is 127 cm³/mol. The summed E-state index contributed by atoms with van der Waals surface area (Å²) in [6, 6.07) is 11.5. The number of carbonyl (C=O) groups is 1. The summed E-state index contributed by atoms with van der Waals surface area (Å²) in [4.78, 5) is 18.9. The van der Waals surface area contributed by atoms with Crippen LogP contribution in [-0.2, 0) is 11.3 Å². The number of carbonyl (C=O) groups excluding carboxylic acids is 1. The number of halogens is 2. The zero-order valence-electron chi connectivity index (χ0n) is 16.8. The van der Waals surface area contributed by atoms with E-state index in [1.54, 1.807) is 18.4 Å². The Labute approximate surface area is 194 Å². The lowest BCUT2D eigenvalue weighted by Crippen LogP contribution is -2.29. The van der Waals surface area contributed by atoms with Crippen molar-refractivity contribution in [1.29, 1.82) is 0 Å². The highest BCUT2D eigenvalue weighted by molar-refractivity contribution is 8.01. The fourth-order valence-electron chi connectivity index (χ4n) is 2.86. The largest absolute Gasteiger partial charge is 0.497 e. The van der Waals surface area contributed by atoms with E-state index in [0.29, 0.717) is 22.3 Å². The number of thiazole rings is 1. The van der Waals surface area contributed by atoms with Crippen LogP contribution < -0.4 is 10.1 Å². The van der Waals surface area contributed by atoms with Crippen LogP contribution in [0.3, 0.4) is 0 Å². The van der Waals surface area contributed by atoms with Crippen LogP contribution in [0.15, 0.2) is 40.7 Å². The lowest BCUT2D eigenvalue weighted by molar-refractivity contribution is -0.118. The van der Waals surface area contributed by atoms with Crippen LogP contribution in [0.4, 0.5) is 0 Å². The van der Waals surface area contributed by atoms with Crippen LogP contribution >= 0.6 is 46.3 Å². The van der Waals surface area contributed by atoms with Crippen molar-refractivity contribution >= 4 is 62.4 Å². The van der Waals surface area contributed by atoms with Gasteiger partial charge in [-0.2, -0.15) is 0 Å². The van der Waals surface area contributed by atoms with Crippen LogP contribution in [0, 0.1) is 0 Å². The second kappa shape index (κ2) is 11.2. The Morgan fingerprint density at radius 1 is 1.23 bits per heavy atom. The molecule has 9 heteroatoms. The zero-order valence-corrected chi connectivity index (χ0v) is 19.9. The van der Waals surface area contributed by atoms with E-state index in [9.17, 15) is 4.79 Å². The number of hydrogen-bond acceptors (Lipinski definition) is 6. The molecule has 0 aliphatic carbocycles. The molecule has 0 atom stereocenters. The summed E-state index contributed by atoms with van der Waals surface area (Å²) in [5.74, 6) is 1.16. The summed E-state index contributed by atoms with van der Waals surface area (Å²) in [5, 5.41) is 4.11. The molecular weight excluding hydrogens is 461 g/mol. The zero-order chi connectivity index (χ0) is 21.5. The van der Waals surface area contributed by atoms with Gasteiger partial charge in [0.1, 0.15) is 5.75 Å². The number of ether oxygens (including phenoxy) is 1. The minimum absolute atomic E-state index is 0.0176. The molecule has 0 bridgehead atoms. The number of nitrogens with one attached hydrogen (secondary N) is 1. The van der Waals surface area contributed by atoms with E-state index in [1.165, 1.54) is 11.8 Å². The molecule has 160 valence electrons. The summed E-state index contributed by atoms with van der Waals surface area (Å²) >= 11 is 15.1. The molecule has 3 rings (SSSR count). The topological polar surface area (TPSA) is 54.5 Å². The van der Waals surface area contributed by atoms with Crippen molar-refractivity contribution in [2.45, 2.75) is 17.3 Å². The van der Waals surface area contributed by atoms with E-state index >= 15 is 0 Å². The molecule has 3 aromatic rings. The van der Waals surface area contributed by atoms with Crippen molar-refractivity contribution in [2.75, 3.05) is 33.0 Å². The van der Waals surface area contributed by atoms with Crippen LogP contribution in [0.5, 0.6) is 5.75 Å². The van der Waals surface area contributed by atoms with Crippen molar-refractivity contribution in [3.8, 4) is 5.75 Å². The quantitative estimate of drug-likeness (QED) is 0.311. The monoisotopic (exact) mass is 483 g/mol. The first-order valence-electron chi connectivity index (χ1n) is 9.41. The maximum atomic E-state index is 12.1. The van der Waals surface area contributed by atoms with Crippen LogP contribution in [0.25, 0.3) is 10.2 Å². The molecule has 0 saturated carbocycles. The van der Waals surface area contributed by atoms with Crippen LogP contribution in [0.1, 0.15) is 12.0 Å². The van der Waals surface area contributed by atoms with E-state index in [-0.39, 0.29) is 5.91 Å². The maximum absolute atomic E-state index is 12.1. The predicted octanol–water partition coefficient (Wildman–Crippen LogP) is 5.34. The van der Waals surface area contributed by atoms with Gasteiger partial charge in [-0.3, -0.25) is 4.79 Å². The molecule has 0 aliphatic rings. The number of benzene rings is 2. The van der Waals surface area contributed by atoms with E-state index in [1.807, 2.05) is 43.4 Å². The first-order chi connectivity index (χ1) is 14.4. The molecule has 2 aromatic carbocycles. The molecule has 0 aliphatic heterocycles. The molecule has 0 radical (unpaired) electrons. The summed E-state index contributed by atoms with van der Waals surface area (Å²) < 4.78 is 7.19. The Morgan fingerprint density at radius 3 is 2.83 bits per heavy atom. The molecule has 1 N–H and O–H groups in total. The summed E-state index contributed by atoms with van der Waals surface area (Å²) in [5.41, 5.74) is 2.01. The Balaban J connectivity index is 1.35. The van der Waals surface area contributed by atoms with E-state index in [0.717, 1.165) is 45.4 Å². The molecular formula is C21H23Cl2N3O2S2. The van der Waals surface area contributed by atoms with Crippen molar-refractivity contribution in [3.05, 3.63) is 52.0 Å². The van der Waals surface area contributed by atoms with Crippen molar-refractivity contribution < 1.29 is 9.53 Å². The second-order valence-electron chi connectivity index (χ2n) is 6.79. The first kappa shape index (κ1) is 23.2. The number of fused-ring (bicyclic) bond motifs is 1. The molecule has 0 saturated heterocycles. The standard InChI is InChI=1S/C21H23Cl2N3O2S2/c1-26(12-14-4-6-16(22)17(23)10-14)9-3-8-24-20(27)13-29-21-25-18-11-15(28-2)5-7-19(18)30-21/h4-7,10-11H,3,8-9,12-13H2,1-2H3,(H,24,27). The molecule has 1 aromatic heterocycles. The van der Waals surface area contributed by atoms with E-state index < -0.39 is 0 Å². The third kappa shape index (κ3) is 6.75. The number of nitrogens with zero attached hydrogens (tertiary/aromatic N) is 2.